The van der Waals surface area contributed by atoms with E-state index < -0.39 is 138 Å². The molecule has 9 N–H and O–H groups in total. The molecule has 22 nitrogen and oxygen atoms in total. The van der Waals surface area contributed by atoms with Gasteiger partial charge in [0.1, 0.15) is 54.1 Å². The van der Waals surface area contributed by atoms with Crippen molar-refractivity contribution in [2.45, 2.75) is 186 Å². The van der Waals surface area contributed by atoms with Crippen LogP contribution >= 0.6 is 63.4 Å². The van der Waals surface area contributed by atoms with E-state index in [0.717, 1.165) is 103 Å². The van der Waals surface area contributed by atoms with Crippen LogP contribution in [-0.2, 0) is 87.0 Å². The fraction of sp³-hybridized carbons (Fsp3) is 0.458. The number of aromatic nitrogens is 7. The zero-order valence-electron chi connectivity index (χ0n) is 69.5. The summed E-state index contributed by atoms with van der Waals surface area (Å²) in [6.45, 7) is 24.5. The number of nitrogens with one attached hydrogen (secondary N) is 3. The molecule has 714 valence electrons. The van der Waals surface area contributed by atoms with E-state index in [9.17, 15) is 120 Å². The van der Waals surface area contributed by atoms with Crippen molar-refractivity contribution >= 4 is 137 Å². The van der Waals surface area contributed by atoms with Crippen molar-refractivity contribution < 1.29 is 147 Å². The minimum absolute atomic E-state index is 0. The van der Waals surface area contributed by atoms with Gasteiger partial charge in [-0.1, -0.05) is 31.7 Å². The summed E-state index contributed by atoms with van der Waals surface area (Å²) in [5.74, 6) is -0.870. The van der Waals surface area contributed by atoms with Crippen molar-refractivity contribution in [3.05, 3.63) is 215 Å². The third kappa shape index (κ3) is 57.6. The number of alkyl halides is 21. The minimum Gasteiger partial charge on any atom is -1.00 e. The van der Waals surface area contributed by atoms with Crippen LogP contribution in [0.25, 0.3) is 0 Å². The molecule has 125 heavy (non-hydrogen) atoms. The molecule has 0 radical (unpaired) electrons. The first-order chi connectivity index (χ1) is 52.9. The summed E-state index contributed by atoms with van der Waals surface area (Å²) in [7, 11) is 5.90. The molecule has 7 rings (SSSR count). The molecule has 7 aromatic heterocycles. The number of pyridine rings is 7. The Morgan fingerprint density at radius 2 is 0.632 bits per heavy atom. The molecule has 0 saturated heterocycles. The van der Waals surface area contributed by atoms with E-state index in [-0.39, 0.29) is 158 Å². The maximum absolute atomic E-state index is 12.4. The van der Waals surface area contributed by atoms with Crippen LogP contribution in [0.1, 0.15) is 222 Å². The molecule has 0 aliphatic rings. The van der Waals surface area contributed by atoms with Crippen LogP contribution in [-0.4, -0.2) is 136 Å². The van der Waals surface area contributed by atoms with E-state index in [0.29, 0.717) is 28.3 Å². The summed E-state index contributed by atoms with van der Waals surface area (Å²) in [5, 5.41) is 5.10. The molecule has 0 aromatic carbocycles. The second-order valence-electron chi connectivity index (χ2n) is 26.3. The fourth-order valence-corrected chi connectivity index (χ4v) is 8.29. The van der Waals surface area contributed by atoms with Gasteiger partial charge in [-0.2, -0.15) is 124 Å². The van der Waals surface area contributed by atoms with E-state index >= 15 is 0 Å². The predicted octanol–water partition coefficient (Wildman–Crippen LogP) is 16.1. The van der Waals surface area contributed by atoms with Crippen LogP contribution in [0.15, 0.2) is 128 Å². The topological polar surface area (TPSA) is 346 Å². The zero-order valence-corrected chi connectivity index (χ0v) is 79.3. The number of rotatable bonds is 13. The van der Waals surface area contributed by atoms with Gasteiger partial charge in [0, 0.05) is 109 Å². The van der Waals surface area contributed by atoms with Crippen LogP contribution in [0.4, 0.5) is 92.2 Å². The number of carbonyl (C=O) groups excluding carboxylic acids is 3. The molecular weight excluding hydrogens is 1960 g/mol. The summed E-state index contributed by atoms with van der Waals surface area (Å²) >= 11 is 1.25. The monoisotopic (exact) mass is 2060 g/mol. The van der Waals surface area contributed by atoms with Crippen LogP contribution < -0.4 is 48.5 Å². The number of carbonyl (C=O) groups is 3. The summed E-state index contributed by atoms with van der Waals surface area (Å²) in [5.41, 5.74) is 9.06. The van der Waals surface area contributed by atoms with Crippen LogP contribution in [0.2, 0.25) is 0 Å². The van der Waals surface area contributed by atoms with E-state index in [4.69, 9.17) is 28.2 Å². The second-order valence-corrected chi connectivity index (χ2v) is 32.5. The SMILES string of the molecule is C.CC(=O)c1ccc(C(F)(F)F)nc1.CC(C)(C)[S+](N)[O-].CNOC.CON(C)C(=O)c1ccc(C(F)(F)F)nc1.C[C@@H](N)c1ccc(C(F)(F)F)nc1.C[C@@H](N[S+]([O-])C(C)(C)C)c1ccc(C(F)(F)F)nc1.C[C@H](N)c1ccc(C(F)(F)F)nc1.C[C@H](N[S+]([O-])C(C)(C)C)c1ccc(C(F)(F)F)nc1.Cl.Cl.O=C(Cl)c1ccc(C(F)(F)F)nc1.S.S.[Br-].[CH3-].[Mg+2]. The first-order valence-electron chi connectivity index (χ1n) is 32.9. The number of nitrogens with two attached hydrogens (primary N) is 3. The molecule has 7 heterocycles. The number of halogens is 25. The van der Waals surface area contributed by atoms with Gasteiger partial charge in [0.2, 0.25) is 0 Å². The average Bonchev–Trinajstić information content (AvgIpc) is 0.849. The standard InChI is InChI=1S/2C12H17F3N2OS.C9H9F3N2O2.2C8H9F3N2.C8H6F3NO.C7H3ClF3NO.C4H11NOS.C2H7NO.CH4.CH3.BrH.2ClH.Mg.2H2S/c2*1-8(17-19(18)11(2,3)4)9-5-6-10(16-7-9)12(13,14)15;1-14(16-2)8(15)6-3-4-7(13-5-6)9(10,11)12;2*1-5(12)6-2-3-7(13-4-6)8(9,10)11;1-5(13)6-2-3-7(12-4-6)8(9,10)11;8-6(13)4-1-2-5(12-3-4)7(9,10)11;1-4(2,3)7(5)6;1-3-4-2;;;;;;;;/h2*5-8,17H,1-4H3;3-5H,1-2H3;2*2-5H,12H2,1H3;2-4H,1H3;1-3H;5H2,1-3H3;3H,1-2H3;1H4;1H3;3*1H;;2*1H2/q;;;;;;;;;;-1;;;;+2;;/p-1/t2*8-,19?;;2*5-;;;;;;;;;;;;/m10.10............/s1. The van der Waals surface area contributed by atoms with Crippen molar-refractivity contribution in [2.24, 2.45) is 16.6 Å². The largest absolute Gasteiger partial charge is 2.00 e. The summed E-state index contributed by atoms with van der Waals surface area (Å²) in [6, 6.07) is 13.2. The molecular formula is C72H101BrCl3F21MgN14O8S5. The molecule has 0 fully saturated rings. The minimum atomic E-state index is -4.51. The maximum atomic E-state index is 12.4. The van der Waals surface area contributed by atoms with Gasteiger partial charge in [0.25, 0.3) is 11.1 Å². The van der Waals surface area contributed by atoms with Gasteiger partial charge in [-0.3, -0.25) is 54.1 Å². The molecule has 0 spiro atoms. The molecule has 3 unspecified atom stereocenters. The van der Waals surface area contributed by atoms with Crippen molar-refractivity contribution in [1.82, 2.24) is 54.9 Å². The number of ketones is 1. The van der Waals surface area contributed by atoms with Gasteiger partial charge in [-0.25, -0.2) is 10.5 Å². The van der Waals surface area contributed by atoms with Gasteiger partial charge < -0.3 is 54.4 Å². The van der Waals surface area contributed by atoms with Crippen LogP contribution in [0, 0.1) is 7.43 Å². The maximum Gasteiger partial charge on any atom is 2.00 e. The Labute approximate surface area is 779 Å². The molecule has 0 aliphatic carbocycles. The van der Waals surface area contributed by atoms with Gasteiger partial charge >= 0.3 is 66.3 Å². The third-order valence-corrected chi connectivity index (χ3v) is 18.2. The summed E-state index contributed by atoms with van der Waals surface area (Å²) < 4.78 is 293. The fourth-order valence-electron chi connectivity index (χ4n) is 6.55. The Morgan fingerprint density at radius 1 is 0.432 bits per heavy atom. The Kier molecular flexibility index (Phi) is 69.8. The van der Waals surface area contributed by atoms with Crippen molar-refractivity contribution in [3.8, 4) is 0 Å². The van der Waals surface area contributed by atoms with Gasteiger partial charge in [0.05, 0.1) is 37.4 Å². The van der Waals surface area contributed by atoms with Gasteiger partial charge in [-0.05, 0) is 191 Å². The first-order valence-corrected chi connectivity index (χ1v) is 36.8. The van der Waals surface area contributed by atoms with Crippen molar-refractivity contribution in [1.29, 1.82) is 0 Å². The molecule has 7 atom stereocenters. The van der Waals surface area contributed by atoms with Crippen molar-refractivity contribution in [3.63, 3.8) is 0 Å². The summed E-state index contributed by atoms with van der Waals surface area (Å²) in [4.78, 5) is 64.1. The number of hydroxylamine groups is 3. The first kappa shape index (κ1) is 140. The van der Waals surface area contributed by atoms with E-state index in [1.165, 1.54) is 45.3 Å². The van der Waals surface area contributed by atoms with E-state index in [2.05, 4.69) is 59.5 Å². The molecule has 0 aliphatic heterocycles. The predicted molar refractivity (Wildman–Crippen MR) is 450 cm³/mol. The van der Waals surface area contributed by atoms with Crippen LogP contribution in [0.5, 0.6) is 0 Å². The number of Topliss-reactive ketones (excluding diaryl/α,β-unsaturated/α-hetero) is 1. The number of amides is 1. The van der Waals surface area contributed by atoms with Gasteiger partial charge in [-0.15, -0.1) is 34.3 Å². The quantitative estimate of drug-likeness (QED) is 0.0119. The van der Waals surface area contributed by atoms with Crippen molar-refractivity contribution in [2.75, 3.05) is 28.3 Å². The van der Waals surface area contributed by atoms with Gasteiger partial charge in [0.15, 0.2) is 5.78 Å². The molecule has 0 bridgehead atoms. The normalized spacial score (nSPS) is 12.9. The Balaban J connectivity index is -0.000000150. The average molecular weight is 2060 g/mol. The zero-order chi connectivity index (χ0) is 91.8. The Morgan fingerprint density at radius 3 is 0.776 bits per heavy atom. The number of hydrogen-bond donors (Lipinski definition) is 6. The Hall–Kier alpha value is -5.18. The smallest absolute Gasteiger partial charge is 1.00 e. The molecule has 7 aromatic rings. The second kappa shape index (κ2) is 62.2. The third-order valence-electron chi connectivity index (χ3n) is 13.4. The molecule has 0 saturated carbocycles. The van der Waals surface area contributed by atoms with Crippen LogP contribution in [0.3, 0.4) is 0 Å². The van der Waals surface area contributed by atoms with E-state index in [1.807, 2.05) is 62.3 Å². The molecule has 1 amide bonds. The van der Waals surface area contributed by atoms with E-state index in [1.54, 1.807) is 41.9 Å². The number of nitrogens with zero attached hydrogens (tertiary/aromatic N) is 8. The Bertz CT molecular complexity index is 3840. The molecule has 53 heteroatoms. The summed E-state index contributed by atoms with van der Waals surface area (Å²) in [6.07, 6.45) is -23.9. The number of hydrogen-bond acceptors (Lipinski definition) is 21.